The van der Waals surface area contributed by atoms with Crippen LogP contribution in [0.3, 0.4) is 0 Å². The number of hydrogen-bond donors (Lipinski definition) is 2. The molecule has 2 amide bonds. The standard InChI is InChI=1S/C18H17N5O3/c1-9-8-26-18(25)23(9)12-2-10-4-16(21-7-14(10)15(20)5-12)22-17(24)13-3-11(13)6-19/h2,4-5,7,9,11,13H,3,8,20H2,1H3,(H,21,22,24)/t9-,11?,13+/m0/s1. The van der Waals surface area contributed by atoms with Gasteiger partial charge in [0.15, 0.2) is 0 Å². The number of aromatic nitrogens is 1. The van der Waals surface area contributed by atoms with Crippen LogP contribution >= 0.6 is 0 Å². The Morgan fingerprint density at radius 1 is 1.46 bits per heavy atom. The molecule has 26 heavy (non-hydrogen) atoms. The molecule has 8 nitrogen and oxygen atoms in total. The first-order valence-electron chi connectivity index (χ1n) is 8.33. The second-order valence-corrected chi connectivity index (χ2v) is 6.69. The molecule has 4 rings (SSSR count). The van der Waals surface area contributed by atoms with Crippen LogP contribution < -0.4 is 16.0 Å². The molecule has 1 aromatic heterocycles. The van der Waals surface area contributed by atoms with Gasteiger partial charge in [-0.3, -0.25) is 9.69 Å². The fourth-order valence-corrected chi connectivity index (χ4v) is 3.20. The van der Waals surface area contributed by atoms with Gasteiger partial charge in [0.2, 0.25) is 5.91 Å². The van der Waals surface area contributed by atoms with Gasteiger partial charge in [-0.15, -0.1) is 0 Å². The molecule has 8 heteroatoms. The minimum absolute atomic E-state index is 0.0851. The van der Waals surface area contributed by atoms with Gasteiger partial charge in [0.1, 0.15) is 12.4 Å². The largest absolute Gasteiger partial charge is 0.447 e. The van der Waals surface area contributed by atoms with Gasteiger partial charge in [0.25, 0.3) is 0 Å². The number of ether oxygens (including phenoxy) is 1. The number of carbonyl (C=O) groups excluding carboxylic acids is 2. The summed E-state index contributed by atoms with van der Waals surface area (Å²) in [6, 6.07) is 7.25. The van der Waals surface area contributed by atoms with E-state index in [1.165, 1.54) is 0 Å². The number of anilines is 3. The zero-order chi connectivity index (χ0) is 18.4. The van der Waals surface area contributed by atoms with Crippen molar-refractivity contribution in [3.8, 4) is 6.07 Å². The molecular weight excluding hydrogens is 334 g/mol. The van der Waals surface area contributed by atoms with Crippen LogP contribution in [-0.4, -0.2) is 29.6 Å². The van der Waals surface area contributed by atoms with Crippen molar-refractivity contribution in [1.82, 2.24) is 4.98 Å². The molecule has 132 valence electrons. The molecule has 3 N–H and O–H groups in total. The lowest BCUT2D eigenvalue weighted by molar-refractivity contribution is -0.117. The number of rotatable bonds is 3. The third-order valence-corrected chi connectivity index (χ3v) is 4.76. The minimum atomic E-state index is -0.407. The summed E-state index contributed by atoms with van der Waals surface area (Å²) in [6.07, 6.45) is 1.77. The van der Waals surface area contributed by atoms with E-state index in [1.807, 2.05) is 13.0 Å². The quantitative estimate of drug-likeness (QED) is 0.818. The average molecular weight is 351 g/mol. The zero-order valence-corrected chi connectivity index (χ0v) is 14.1. The van der Waals surface area contributed by atoms with Gasteiger partial charge in [0.05, 0.1) is 29.6 Å². The van der Waals surface area contributed by atoms with Crippen molar-refractivity contribution in [1.29, 1.82) is 5.26 Å². The molecule has 3 atom stereocenters. The molecule has 2 aliphatic rings. The van der Waals surface area contributed by atoms with Gasteiger partial charge >= 0.3 is 6.09 Å². The fourth-order valence-electron chi connectivity index (χ4n) is 3.20. The summed E-state index contributed by atoms with van der Waals surface area (Å²) in [5.74, 6) is -0.293. The second kappa shape index (κ2) is 5.88. The lowest BCUT2D eigenvalue weighted by Gasteiger charge is -2.19. The summed E-state index contributed by atoms with van der Waals surface area (Å²) in [5.41, 5.74) is 7.25. The third kappa shape index (κ3) is 2.67. The van der Waals surface area contributed by atoms with Crippen LogP contribution in [0.5, 0.6) is 0 Å². The number of nitrogen functional groups attached to an aromatic ring is 1. The normalized spacial score (nSPS) is 24.2. The highest BCUT2D eigenvalue weighted by atomic mass is 16.6. The molecular formula is C18H17N5O3. The van der Waals surface area contributed by atoms with Gasteiger partial charge in [0, 0.05) is 17.3 Å². The van der Waals surface area contributed by atoms with E-state index < -0.39 is 6.09 Å². The highest BCUT2D eigenvalue weighted by Crippen LogP contribution is 2.38. The van der Waals surface area contributed by atoms with Crippen LogP contribution in [0, 0.1) is 23.2 Å². The topological polar surface area (TPSA) is 121 Å². The van der Waals surface area contributed by atoms with Crippen molar-refractivity contribution in [3.63, 3.8) is 0 Å². The Hall–Kier alpha value is -3.34. The number of cyclic esters (lactones) is 1. The van der Waals surface area contributed by atoms with Gasteiger partial charge in [-0.25, -0.2) is 9.78 Å². The monoisotopic (exact) mass is 351 g/mol. The number of amides is 2. The molecule has 1 unspecified atom stereocenters. The molecule has 1 aromatic carbocycles. The van der Waals surface area contributed by atoms with Crippen molar-refractivity contribution in [2.45, 2.75) is 19.4 Å². The number of nitrogens with zero attached hydrogens (tertiary/aromatic N) is 3. The van der Waals surface area contributed by atoms with Crippen LogP contribution in [0.1, 0.15) is 13.3 Å². The van der Waals surface area contributed by atoms with Crippen molar-refractivity contribution in [2.24, 2.45) is 11.8 Å². The van der Waals surface area contributed by atoms with E-state index in [1.54, 1.807) is 23.2 Å². The predicted molar refractivity (Wildman–Crippen MR) is 95.3 cm³/mol. The highest BCUT2D eigenvalue weighted by molar-refractivity contribution is 6.02. The Labute approximate surface area is 149 Å². The maximum absolute atomic E-state index is 12.1. The Kier molecular flexibility index (Phi) is 3.65. The first-order chi connectivity index (χ1) is 12.5. The van der Waals surface area contributed by atoms with E-state index in [4.69, 9.17) is 15.7 Å². The Bertz CT molecular complexity index is 967. The Morgan fingerprint density at radius 2 is 2.27 bits per heavy atom. The smallest absolute Gasteiger partial charge is 0.414 e. The first kappa shape index (κ1) is 16.1. The lowest BCUT2D eigenvalue weighted by Crippen LogP contribution is -2.30. The second-order valence-electron chi connectivity index (χ2n) is 6.69. The number of benzene rings is 1. The van der Waals surface area contributed by atoms with Crippen LogP contribution in [0.15, 0.2) is 24.4 Å². The number of nitrogens with one attached hydrogen (secondary N) is 1. The molecule has 0 radical (unpaired) electrons. The molecule has 2 heterocycles. The summed E-state index contributed by atoms with van der Waals surface area (Å²) in [7, 11) is 0. The van der Waals surface area contributed by atoms with E-state index in [9.17, 15) is 9.59 Å². The molecule has 2 fully saturated rings. The number of nitrogens with two attached hydrogens (primary N) is 1. The number of fused-ring (bicyclic) bond motifs is 1. The van der Waals surface area contributed by atoms with Crippen molar-refractivity contribution < 1.29 is 14.3 Å². The van der Waals surface area contributed by atoms with E-state index >= 15 is 0 Å². The fraction of sp³-hybridized carbons (Fsp3) is 0.333. The van der Waals surface area contributed by atoms with Crippen LogP contribution in [0.25, 0.3) is 10.8 Å². The van der Waals surface area contributed by atoms with Crippen molar-refractivity contribution >= 4 is 40.0 Å². The van der Waals surface area contributed by atoms with E-state index in [0.717, 1.165) is 10.8 Å². The molecule has 0 bridgehead atoms. The lowest BCUT2D eigenvalue weighted by atomic mass is 10.1. The van der Waals surface area contributed by atoms with Crippen LogP contribution in [0.4, 0.5) is 22.0 Å². The van der Waals surface area contributed by atoms with Gasteiger partial charge in [-0.2, -0.15) is 5.26 Å². The SMILES string of the molecule is C[C@H]1COC(=O)N1c1cc(N)c2cnc(NC(=O)[C@@H]3CC3C#N)cc2c1. The van der Waals surface area contributed by atoms with Crippen LogP contribution in [0.2, 0.25) is 0 Å². The predicted octanol–water partition coefficient (Wildman–Crippen LogP) is 2.26. The summed E-state index contributed by atoms with van der Waals surface area (Å²) >= 11 is 0. The number of nitriles is 1. The highest BCUT2D eigenvalue weighted by Gasteiger charge is 2.43. The van der Waals surface area contributed by atoms with Crippen LogP contribution in [-0.2, 0) is 9.53 Å². The number of hydrogen-bond acceptors (Lipinski definition) is 6. The summed E-state index contributed by atoms with van der Waals surface area (Å²) < 4.78 is 5.06. The first-order valence-corrected chi connectivity index (χ1v) is 8.33. The van der Waals surface area contributed by atoms with E-state index in [0.29, 0.717) is 30.2 Å². The van der Waals surface area contributed by atoms with E-state index in [-0.39, 0.29) is 23.8 Å². The van der Waals surface area contributed by atoms with Gasteiger partial charge < -0.3 is 15.8 Å². The third-order valence-electron chi connectivity index (χ3n) is 4.76. The zero-order valence-electron chi connectivity index (χ0n) is 14.1. The number of pyridine rings is 1. The molecule has 1 aliphatic carbocycles. The Morgan fingerprint density at radius 3 is 2.92 bits per heavy atom. The molecule has 1 saturated heterocycles. The van der Waals surface area contributed by atoms with Crippen molar-refractivity contribution in [3.05, 3.63) is 24.4 Å². The summed E-state index contributed by atoms with van der Waals surface area (Å²) in [4.78, 5) is 29.8. The minimum Gasteiger partial charge on any atom is -0.447 e. The summed E-state index contributed by atoms with van der Waals surface area (Å²) in [5, 5.41) is 13.1. The maximum Gasteiger partial charge on any atom is 0.414 e. The molecule has 1 saturated carbocycles. The number of carbonyl (C=O) groups is 2. The van der Waals surface area contributed by atoms with E-state index in [2.05, 4.69) is 16.4 Å². The molecule has 2 aromatic rings. The van der Waals surface area contributed by atoms with Gasteiger partial charge in [-0.1, -0.05) is 0 Å². The molecule has 0 spiro atoms. The molecule has 1 aliphatic heterocycles. The van der Waals surface area contributed by atoms with Gasteiger partial charge in [-0.05, 0) is 36.9 Å². The van der Waals surface area contributed by atoms with Crippen molar-refractivity contribution in [2.75, 3.05) is 22.6 Å². The Balaban J connectivity index is 1.65. The maximum atomic E-state index is 12.1. The summed E-state index contributed by atoms with van der Waals surface area (Å²) in [6.45, 7) is 2.22. The average Bonchev–Trinajstić information content (AvgIpc) is 3.33.